The van der Waals surface area contributed by atoms with Crippen LogP contribution in [0.25, 0.3) is 0 Å². The first-order chi connectivity index (χ1) is 8.76. The van der Waals surface area contributed by atoms with Crippen LogP contribution in [0.3, 0.4) is 0 Å². The molecule has 0 bridgehead atoms. The van der Waals surface area contributed by atoms with Gasteiger partial charge in [-0.25, -0.2) is 4.79 Å². The van der Waals surface area contributed by atoms with E-state index in [-0.39, 0.29) is 0 Å². The van der Waals surface area contributed by atoms with E-state index < -0.39 is 23.4 Å². The van der Waals surface area contributed by atoms with Gasteiger partial charge in [-0.05, 0) is 26.5 Å². The van der Waals surface area contributed by atoms with Crippen molar-refractivity contribution in [3.8, 4) is 0 Å². The van der Waals surface area contributed by atoms with Crippen LogP contribution in [-0.2, 0) is 16.1 Å². The first kappa shape index (κ1) is 15.3. The van der Waals surface area contributed by atoms with Crippen molar-refractivity contribution < 1.29 is 19.8 Å². The van der Waals surface area contributed by atoms with E-state index in [4.69, 9.17) is 5.11 Å². The van der Waals surface area contributed by atoms with Gasteiger partial charge in [0.15, 0.2) is 5.78 Å². The summed E-state index contributed by atoms with van der Waals surface area (Å²) >= 11 is 0. The maximum atomic E-state index is 12.0. The van der Waals surface area contributed by atoms with Gasteiger partial charge >= 0.3 is 5.97 Å². The average Bonchev–Trinajstić information content (AvgIpc) is 2.37. The van der Waals surface area contributed by atoms with E-state index in [1.54, 1.807) is 18.9 Å². The second-order valence-corrected chi connectivity index (χ2v) is 4.82. The van der Waals surface area contributed by atoms with E-state index in [0.717, 1.165) is 12.5 Å². The van der Waals surface area contributed by atoms with Crippen molar-refractivity contribution in [3.05, 3.63) is 35.9 Å². The number of nitrogens with zero attached hydrogens (tertiary/aromatic N) is 1. The van der Waals surface area contributed by atoms with Gasteiger partial charge in [-0.2, -0.15) is 0 Å². The quantitative estimate of drug-likeness (QED) is 0.748. The molecule has 1 unspecified atom stereocenters. The number of Topliss-reactive ketones (excluding diaryl/α,β-unsaturated/α-hetero) is 1. The van der Waals surface area contributed by atoms with Crippen LogP contribution in [0.15, 0.2) is 30.3 Å². The summed E-state index contributed by atoms with van der Waals surface area (Å²) in [7, 11) is 1.72. The Morgan fingerprint density at radius 1 is 1.32 bits per heavy atom. The molecule has 0 spiro atoms. The summed E-state index contributed by atoms with van der Waals surface area (Å²) in [6.45, 7) is 3.09. The van der Waals surface area contributed by atoms with Crippen LogP contribution in [0.4, 0.5) is 0 Å². The number of ketones is 1. The van der Waals surface area contributed by atoms with Gasteiger partial charge in [0, 0.05) is 6.54 Å². The number of aliphatic carboxylic acids is 1. The Balaban J connectivity index is 2.75. The molecule has 0 aromatic heterocycles. The maximum absolute atomic E-state index is 12.0. The van der Waals surface area contributed by atoms with Gasteiger partial charge in [0.25, 0.3) is 0 Å². The molecule has 19 heavy (non-hydrogen) atoms. The highest BCUT2D eigenvalue weighted by Gasteiger charge is 2.42. The van der Waals surface area contributed by atoms with Gasteiger partial charge in [0.1, 0.15) is 0 Å². The molecule has 0 fully saturated rings. The van der Waals surface area contributed by atoms with E-state index >= 15 is 0 Å². The number of hydrogen-bond acceptors (Lipinski definition) is 4. The molecular weight excluding hydrogens is 246 g/mol. The molecule has 1 aromatic carbocycles. The van der Waals surface area contributed by atoms with E-state index in [1.807, 2.05) is 30.3 Å². The maximum Gasteiger partial charge on any atom is 0.343 e. The van der Waals surface area contributed by atoms with E-state index in [1.165, 1.54) is 0 Å². The number of aliphatic hydroxyl groups is 1. The van der Waals surface area contributed by atoms with Gasteiger partial charge < -0.3 is 10.2 Å². The molecule has 0 aliphatic carbocycles. The predicted octanol–water partition coefficient (Wildman–Crippen LogP) is 0.912. The Morgan fingerprint density at radius 3 is 2.32 bits per heavy atom. The van der Waals surface area contributed by atoms with Crippen LogP contribution in [0.2, 0.25) is 0 Å². The number of benzene rings is 1. The van der Waals surface area contributed by atoms with Crippen molar-refractivity contribution in [1.82, 2.24) is 4.90 Å². The van der Waals surface area contributed by atoms with Crippen LogP contribution in [-0.4, -0.2) is 45.6 Å². The highest BCUT2D eigenvalue weighted by Crippen LogP contribution is 2.14. The topological polar surface area (TPSA) is 77.8 Å². The third-order valence-corrected chi connectivity index (χ3v) is 3.21. The number of hydrogen-bond donors (Lipinski definition) is 2. The van der Waals surface area contributed by atoms with Crippen LogP contribution in [0.1, 0.15) is 19.4 Å². The second-order valence-electron chi connectivity index (χ2n) is 4.82. The molecule has 1 aromatic rings. The molecule has 0 saturated carbocycles. The Labute approximate surface area is 112 Å². The Morgan fingerprint density at radius 2 is 1.84 bits per heavy atom. The van der Waals surface area contributed by atoms with Gasteiger partial charge in [0.05, 0.1) is 6.04 Å². The first-order valence-corrected chi connectivity index (χ1v) is 6.01. The number of likely N-dealkylation sites (N-methyl/N-ethyl adjacent to an activating group) is 1. The number of carbonyl (C=O) groups is 2. The van der Waals surface area contributed by atoms with Gasteiger partial charge in [-0.3, -0.25) is 9.69 Å². The third kappa shape index (κ3) is 3.62. The lowest BCUT2D eigenvalue weighted by atomic mass is 9.95. The lowest BCUT2D eigenvalue weighted by molar-refractivity contribution is -0.165. The van der Waals surface area contributed by atoms with Crippen molar-refractivity contribution in [2.75, 3.05) is 7.05 Å². The molecule has 5 nitrogen and oxygen atoms in total. The standard InChI is InChI=1S/C14H19NO4/c1-10(12(16)14(2,19)13(17)18)15(3)9-11-7-5-4-6-8-11/h4-8,10,19H,9H2,1-3H3,(H,17,18)/t10-,14?/m0/s1. The minimum absolute atomic E-state index is 0.503. The molecule has 0 aliphatic heterocycles. The van der Waals surface area contributed by atoms with Crippen LogP contribution < -0.4 is 0 Å². The van der Waals surface area contributed by atoms with E-state index in [0.29, 0.717) is 6.54 Å². The highest BCUT2D eigenvalue weighted by atomic mass is 16.4. The molecule has 0 aliphatic rings. The van der Waals surface area contributed by atoms with Gasteiger partial charge in [-0.1, -0.05) is 30.3 Å². The summed E-state index contributed by atoms with van der Waals surface area (Å²) in [4.78, 5) is 24.5. The van der Waals surface area contributed by atoms with Crippen LogP contribution in [0, 0.1) is 0 Å². The number of carbonyl (C=O) groups excluding carboxylic acids is 1. The summed E-state index contributed by atoms with van der Waals surface area (Å²) in [5, 5.41) is 18.5. The molecule has 0 amide bonds. The lowest BCUT2D eigenvalue weighted by Crippen LogP contribution is -2.52. The molecule has 2 N–H and O–H groups in total. The Bertz CT molecular complexity index is 456. The van der Waals surface area contributed by atoms with Crippen molar-refractivity contribution in [2.45, 2.75) is 32.0 Å². The average molecular weight is 265 g/mol. The minimum atomic E-state index is -2.36. The number of carboxylic acids is 1. The smallest absolute Gasteiger partial charge is 0.343 e. The van der Waals surface area contributed by atoms with Gasteiger partial charge in [0.2, 0.25) is 5.60 Å². The van der Waals surface area contributed by atoms with E-state index in [9.17, 15) is 14.7 Å². The Hall–Kier alpha value is -1.72. The fourth-order valence-corrected chi connectivity index (χ4v) is 1.72. The van der Waals surface area contributed by atoms with Crippen molar-refractivity contribution in [3.63, 3.8) is 0 Å². The predicted molar refractivity (Wildman–Crippen MR) is 70.6 cm³/mol. The molecule has 104 valence electrons. The Kier molecular flexibility index (Phi) is 4.80. The lowest BCUT2D eigenvalue weighted by Gasteiger charge is -2.28. The molecular formula is C14H19NO4. The second kappa shape index (κ2) is 5.95. The zero-order chi connectivity index (χ0) is 14.6. The molecule has 1 rings (SSSR count). The fraction of sp³-hybridized carbons (Fsp3) is 0.429. The van der Waals surface area contributed by atoms with E-state index in [2.05, 4.69) is 0 Å². The highest BCUT2D eigenvalue weighted by molar-refractivity contribution is 6.07. The molecule has 5 heteroatoms. The minimum Gasteiger partial charge on any atom is -0.479 e. The fourth-order valence-electron chi connectivity index (χ4n) is 1.72. The van der Waals surface area contributed by atoms with Crippen molar-refractivity contribution in [1.29, 1.82) is 0 Å². The van der Waals surface area contributed by atoms with Crippen molar-refractivity contribution >= 4 is 11.8 Å². The number of rotatable bonds is 6. The van der Waals surface area contributed by atoms with Crippen LogP contribution >= 0.6 is 0 Å². The summed E-state index contributed by atoms with van der Waals surface area (Å²) in [6, 6.07) is 8.83. The summed E-state index contributed by atoms with van der Waals surface area (Å²) in [6.07, 6.45) is 0. The number of carboxylic acid groups (broad SMARTS) is 1. The normalized spacial score (nSPS) is 15.8. The monoisotopic (exact) mass is 265 g/mol. The molecule has 0 heterocycles. The largest absolute Gasteiger partial charge is 0.479 e. The summed E-state index contributed by atoms with van der Waals surface area (Å²) in [5.41, 5.74) is -1.34. The first-order valence-electron chi connectivity index (χ1n) is 6.01. The zero-order valence-electron chi connectivity index (χ0n) is 11.3. The molecule has 0 radical (unpaired) electrons. The van der Waals surface area contributed by atoms with Crippen molar-refractivity contribution in [2.24, 2.45) is 0 Å². The third-order valence-electron chi connectivity index (χ3n) is 3.21. The van der Waals surface area contributed by atoms with Crippen LogP contribution in [0.5, 0.6) is 0 Å². The zero-order valence-corrected chi connectivity index (χ0v) is 11.3. The SMILES string of the molecule is C[C@@H](C(=O)C(C)(O)C(=O)O)N(C)Cc1ccccc1. The summed E-state index contributed by atoms with van der Waals surface area (Å²) in [5.74, 6) is -2.25. The molecule has 2 atom stereocenters. The summed E-state index contributed by atoms with van der Waals surface area (Å²) < 4.78 is 0. The van der Waals surface area contributed by atoms with Gasteiger partial charge in [-0.15, -0.1) is 0 Å². The molecule has 0 saturated heterocycles.